The van der Waals surface area contributed by atoms with E-state index in [9.17, 15) is 28.7 Å². The Morgan fingerprint density at radius 3 is 2.39 bits per heavy atom. The van der Waals surface area contributed by atoms with Crippen molar-refractivity contribution in [1.82, 2.24) is 4.31 Å². The molecule has 0 aliphatic rings. The zero-order chi connectivity index (χ0) is 20.9. The number of rotatable bonds is 8. The highest BCUT2D eigenvalue weighted by atomic mass is 32.2. The summed E-state index contributed by atoms with van der Waals surface area (Å²) in [6.07, 6.45) is 1.30. The average molecular weight is 408 g/mol. The van der Waals surface area contributed by atoms with Crippen LogP contribution in [0, 0.1) is 10.1 Å². The molecule has 0 atom stereocenters. The van der Waals surface area contributed by atoms with E-state index < -0.39 is 14.9 Å². The number of non-ortho nitro benzene ring substituents is 1. The lowest BCUT2D eigenvalue weighted by atomic mass is 10.2. The van der Waals surface area contributed by atoms with Crippen LogP contribution in [0.2, 0.25) is 0 Å². The van der Waals surface area contributed by atoms with E-state index in [2.05, 4.69) is 10.5 Å². The van der Waals surface area contributed by atoms with E-state index in [1.165, 1.54) is 40.9 Å². The molecular weight excluding hydrogens is 388 g/mol. The Labute approximate surface area is 161 Å². The quantitative estimate of drug-likeness (QED) is 0.263. The van der Waals surface area contributed by atoms with Gasteiger partial charge in [0.1, 0.15) is 4.90 Å². The topological polar surface area (TPSA) is 145 Å². The minimum atomic E-state index is -3.98. The highest BCUT2D eigenvalue weighted by molar-refractivity contribution is 7.89. The summed E-state index contributed by atoms with van der Waals surface area (Å²) < 4.78 is 26.9. The van der Waals surface area contributed by atoms with E-state index >= 15 is 0 Å². The molecule has 2 aromatic carbocycles. The van der Waals surface area contributed by atoms with Gasteiger partial charge in [-0.1, -0.05) is 13.8 Å². The number of phenolic OH excluding ortho intramolecular Hbond substituents is 2. The van der Waals surface area contributed by atoms with E-state index in [0.29, 0.717) is 5.56 Å². The molecule has 0 aliphatic heterocycles. The van der Waals surface area contributed by atoms with Crippen molar-refractivity contribution in [2.75, 3.05) is 18.5 Å². The predicted molar refractivity (Wildman–Crippen MR) is 104 cm³/mol. The average Bonchev–Trinajstić information content (AvgIpc) is 2.65. The van der Waals surface area contributed by atoms with E-state index in [1.54, 1.807) is 13.8 Å². The molecule has 0 radical (unpaired) electrons. The smallest absolute Gasteiger partial charge is 0.270 e. The van der Waals surface area contributed by atoms with Crippen molar-refractivity contribution in [2.45, 2.75) is 18.7 Å². The molecule has 2 rings (SSSR count). The molecular formula is C17H20N4O6S. The number of sulfonamides is 1. The third kappa shape index (κ3) is 4.56. The van der Waals surface area contributed by atoms with Gasteiger partial charge in [0, 0.05) is 25.2 Å². The monoisotopic (exact) mass is 408 g/mol. The molecule has 0 aromatic heterocycles. The molecule has 0 unspecified atom stereocenters. The Morgan fingerprint density at radius 2 is 1.82 bits per heavy atom. The number of phenols is 2. The number of nitrogens with one attached hydrogen (secondary N) is 1. The van der Waals surface area contributed by atoms with E-state index in [1.807, 2.05) is 0 Å². The van der Waals surface area contributed by atoms with Crippen molar-refractivity contribution in [1.29, 1.82) is 0 Å². The number of hydrogen-bond donors (Lipinski definition) is 3. The number of hydrazone groups is 1. The van der Waals surface area contributed by atoms with Crippen LogP contribution in [0.1, 0.15) is 19.4 Å². The molecule has 0 fully saturated rings. The second-order valence-electron chi connectivity index (χ2n) is 5.65. The Kier molecular flexibility index (Phi) is 6.54. The van der Waals surface area contributed by atoms with Crippen LogP contribution in [0.5, 0.6) is 11.5 Å². The molecule has 0 amide bonds. The molecule has 2 aromatic rings. The fourth-order valence-electron chi connectivity index (χ4n) is 2.43. The lowest BCUT2D eigenvalue weighted by Gasteiger charge is -2.20. The van der Waals surface area contributed by atoms with Gasteiger partial charge in [-0.3, -0.25) is 15.5 Å². The SMILES string of the molecule is CCN(CC)S(=O)(=O)c1cc([N+](=O)[O-])ccc1N/N=C/c1ccc(O)c(O)c1. The molecule has 0 saturated heterocycles. The normalized spacial score (nSPS) is 11.8. The van der Waals surface area contributed by atoms with Gasteiger partial charge in [0.05, 0.1) is 16.8 Å². The summed E-state index contributed by atoms with van der Waals surface area (Å²) >= 11 is 0. The van der Waals surface area contributed by atoms with Gasteiger partial charge in [-0.25, -0.2) is 8.42 Å². The van der Waals surface area contributed by atoms with Crippen molar-refractivity contribution >= 4 is 27.6 Å². The summed E-state index contributed by atoms with van der Waals surface area (Å²) in [6.45, 7) is 3.75. The largest absolute Gasteiger partial charge is 0.504 e. The molecule has 0 heterocycles. The summed E-state index contributed by atoms with van der Waals surface area (Å²) in [7, 11) is -3.98. The van der Waals surface area contributed by atoms with Gasteiger partial charge in [-0.05, 0) is 29.8 Å². The van der Waals surface area contributed by atoms with Gasteiger partial charge in [0.25, 0.3) is 5.69 Å². The highest BCUT2D eigenvalue weighted by Crippen LogP contribution is 2.29. The molecule has 0 spiro atoms. The Morgan fingerprint density at radius 1 is 1.14 bits per heavy atom. The minimum Gasteiger partial charge on any atom is -0.504 e. The lowest BCUT2D eigenvalue weighted by Crippen LogP contribution is -2.31. The standard InChI is InChI=1S/C17H20N4O6S/c1-3-20(4-2)28(26,27)17-10-13(21(24)25)6-7-14(17)19-18-11-12-5-8-15(22)16(23)9-12/h5-11,19,22-23H,3-4H2,1-2H3/b18-11+. The fraction of sp³-hybridized carbons (Fsp3) is 0.235. The van der Waals surface area contributed by atoms with Gasteiger partial charge < -0.3 is 10.2 Å². The first-order valence-electron chi connectivity index (χ1n) is 8.30. The van der Waals surface area contributed by atoms with E-state index in [4.69, 9.17) is 0 Å². The van der Waals surface area contributed by atoms with Gasteiger partial charge >= 0.3 is 0 Å². The summed E-state index contributed by atoms with van der Waals surface area (Å²) in [4.78, 5) is 10.1. The number of nitro benzene ring substituents is 1. The first kappa shape index (κ1) is 21.1. The van der Waals surface area contributed by atoms with Crippen LogP contribution in [-0.4, -0.2) is 47.2 Å². The van der Waals surface area contributed by atoms with Crippen LogP contribution in [-0.2, 0) is 10.0 Å². The zero-order valence-corrected chi connectivity index (χ0v) is 16.0. The second-order valence-corrected chi connectivity index (χ2v) is 7.55. The molecule has 150 valence electrons. The third-order valence-electron chi connectivity index (χ3n) is 3.90. The maximum Gasteiger partial charge on any atom is 0.270 e. The second kappa shape index (κ2) is 8.67. The van der Waals surface area contributed by atoms with Gasteiger partial charge in [-0.2, -0.15) is 9.41 Å². The van der Waals surface area contributed by atoms with Crippen molar-refractivity contribution in [3.05, 3.63) is 52.1 Å². The van der Waals surface area contributed by atoms with Crippen LogP contribution >= 0.6 is 0 Å². The molecule has 3 N–H and O–H groups in total. The van der Waals surface area contributed by atoms with Gasteiger partial charge in [0.2, 0.25) is 10.0 Å². The predicted octanol–water partition coefficient (Wildman–Crippen LogP) is 2.48. The highest BCUT2D eigenvalue weighted by Gasteiger charge is 2.27. The number of benzene rings is 2. The van der Waals surface area contributed by atoms with Crippen molar-refractivity contribution < 1.29 is 23.6 Å². The van der Waals surface area contributed by atoms with Gasteiger partial charge in [-0.15, -0.1) is 0 Å². The Balaban J connectivity index is 2.41. The number of anilines is 1. The molecule has 11 heteroatoms. The molecule has 28 heavy (non-hydrogen) atoms. The minimum absolute atomic E-state index is 0.0664. The van der Waals surface area contributed by atoms with Crippen LogP contribution in [0.25, 0.3) is 0 Å². The summed E-state index contributed by atoms with van der Waals surface area (Å²) in [5, 5.41) is 33.8. The molecule has 0 bridgehead atoms. The van der Waals surface area contributed by atoms with Crippen LogP contribution in [0.4, 0.5) is 11.4 Å². The van der Waals surface area contributed by atoms with E-state index in [0.717, 1.165) is 6.07 Å². The van der Waals surface area contributed by atoms with Crippen molar-refractivity contribution in [2.24, 2.45) is 5.10 Å². The molecule has 0 aliphatic carbocycles. The van der Waals surface area contributed by atoms with Crippen LogP contribution in [0.3, 0.4) is 0 Å². The Hall–Kier alpha value is -3.18. The third-order valence-corrected chi connectivity index (χ3v) is 5.99. The lowest BCUT2D eigenvalue weighted by molar-refractivity contribution is -0.385. The summed E-state index contributed by atoms with van der Waals surface area (Å²) in [6, 6.07) is 7.45. The van der Waals surface area contributed by atoms with Crippen molar-refractivity contribution in [3.63, 3.8) is 0 Å². The van der Waals surface area contributed by atoms with Gasteiger partial charge in [0.15, 0.2) is 11.5 Å². The first-order chi connectivity index (χ1) is 13.2. The van der Waals surface area contributed by atoms with Crippen LogP contribution < -0.4 is 5.43 Å². The van der Waals surface area contributed by atoms with E-state index in [-0.39, 0.29) is 40.9 Å². The summed E-state index contributed by atoms with van der Waals surface area (Å²) in [5.41, 5.74) is 2.72. The molecule has 10 nitrogen and oxygen atoms in total. The molecule has 0 saturated carbocycles. The zero-order valence-electron chi connectivity index (χ0n) is 15.2. The maximum atomic E-state index is 12.9. The fourth-order valence-corrected chi connectivity index (χ4v) is 4.05. The number of nitrogens with zero attached hydrogens (tertiary/aromatic N) is 3. The first-order valence-corrected chi connectivity index (χ1v) is 9.74. The van der Waals surface area contributed by atoms with Crippen LogP contribution in [0.15, 0.2) is 46.4 Å². The van der Waals surface area contributed by atoms with Crippen molar-refractivity contribution in [3.8, 4) is 11.5 Å². The summed E-state index contributed by atoms with van der Waals surface area (Å²) in [5.74, 6) is -0.614. The number of hydrogen-bond acceptors (Lipinski definition) is 8. The number of aromatic hydroxyl groups is 2. The maximum absolute atomic E-state index is 12.9. The number of nitro groups is 1. The Bertz CT molecular complexity index is 1000.